The summed E-state index contributed by atoms with van der Waals surface area (Å²) in [6.07, 6.45) is -3.76. The highest BCUT2D eigenvalue weighted by Gasteiger charge is 2.29. The van der Waals surface area contributed by atoms with Crippen molar-refractivity contribution in [2.45, 2.75) is 32.1 Å². The van der Waals surface area contributed by atoms with E-state index in [1.54, 1.807) is 0 Å². The van der Waals surface area contributed by atoms with Crippen molar-refractivity contribution in [3.05, 3.63) is 29.8 Å². The number of pyridine rings is 1. The predicted octanol–water partition coefficient (Wildman–Crippen LogP) is 2.65. The Kier molecular flexibility index (Phi) is 4.23. The number of rotatable bonds is 4. The van der Waals surface area contributed by atoms with Crippen LogP contribution in [-0.2, 0) is 6.54 Å². The highest BCUT2D eigenvalue weighted by Crippen LogP contribution is 2.21. The zero-order chi connectivity index (χ0) is 12.2. The number of halogens is 4. The highest BCUT2D eigenvalue weighted by atomic mass is 19.4. The normalized spacial score (nSPS) is 13.8. The van der Waals surface area contributed by atoms with E-state index in [1.165, 1.54) is 25.3 Å². The zero-order valence-electron chi connectivity index (χ0n) is 8.68. The molecule has 0 aliphatic rings. The summed E-state index contributed by atoms with van der Waals surface area (Å²) in [5.74, 6) is -0.519. The van der Waals surface area contributed by atoms with Crippen LogP contribution in [0.1, 0.15) is 19.0 Å². The van der Waals surface area contributed by atoms with E-state index in [-0.39, 0.29) is 12.2 Å². The maximum absolute atomic E-state index is 13.1. The Labute approximate surface area is 90.7 Å². The second kappa shape index (κ2) is 5.25. The molecule has 0 saturated carbocycles. The Morgan fingerprint density at radius 1 is 1.44 bits per heavy atom. The maximum atomic E-state index is 13.1. The molecule has 1 aromatic heterocycles. The largest absolute Gasteiger partial charge is 0.390 e. The van der Waals surface area contributed by atoms with E-state index >= 15 is 0 Å². The van der Waals surface area contributed by atoms with Crippen LogP contribution in [0.3, 0.4) is 0 Å². The first-order valence-electron chi connectivity index (χ1n) is 4.78. The minimum absolute atomic E-state index is 0.0100. The second-order valence-electron chi connectivity index (χ2n) is 3.53. The molecule has 1 unspecified atom stereocenters. The average Bonchev–Trinajstić information content (AvgIpc) is 2.14. The van der Waals surface area contributed by atoms with Gasteiger partial charge in [0.15, 0.2) is 0 Å². The Bertz CT molecular complexity index is 338. The van der Waals surface area contributed by atoms with Gasteiger partial charge in [-0.15, -0.1) is 0 Å². The molecule has 1 N–H and O–H groups in total. The summed E-state index contributed by atoms with van der Waals surface area (Å²) in [5, 5.41) is 2.57. The van der Waals surface area contributed by atoms with Crippen LogP contribution < -0.4 is 5.32 Å². The fourth-order valence-electron chi connectivity index (χ4n) is 1.24. The maximum Gasteiger partial charge on any atom is 0.390 e. The van der Waals surface area contributed by atoms with Crippen LogP contribution in [0.4, 0.5) is 17.6 Å². The van der Waals surface area contributed by atoms with Crippen molar-refractivity contribution in [2.75, 3.05) is 0 Å². The molecule has 2 nitrogen and oxygen atoms in total. The van der Waals surface area contributed by atoms with Gasteiger partial charge in [0.05, 0.1) is 12.1 Å². The Morgan fingerprint density at radius 2 is 2.12 bits per heavy atom. The SMILES string of the molecule is CC(CC(F)(F)F)NCc1ncccc1F. The molecule has 1 atom stereocenters. The second-order valence-corrected chi connectivity index (χ2v) is 3.53. The van der Waals surface area contributed by atoms with Gasteiger partial charge in [-0.25, -0.2) is 4.39 Å². The molecule has 90 valence electrons. The fraction of sp³-hybridized carbons (Fsp3) is 0.500. The van der Waals surface area contributed by atoms with Crippen molar-refractivity contribution in [2.24, 2.45) is 0 Å². The Hall–Kier alpha value is -1.17. The highest BCUT2D eigenvalue weighted by molar-refractivity contribution is 5.06. The van der Waals surface area contributed by atoms with Gasteiger partial charge in [-0.2, -0.15) is 13.2 Å². The van der Waals surface area contributed by atoms with Crippen LogP contribution in [0, 0.1) is 5.82 Å². The standard InChI is InChI=1S/C10H12F4N2/c1-7(5-10(12,13)14)16-6-9-8(11)3-2-4-15-9/h2-4,7,16H,5-6H2,1H3. The van der Waals surface area contributed by atoms with Gasteiger partial charge < -0.3 is 5.32 Å². The molecule has 0 spiro atoms. The molecule has 0 aliphatic carbocycles. The first-order chi connectivity index (χ1) is 7.38. The summed E-state index contributed by atoms with van der Waals surface area (Å²) in [6, 6.07) is 1.89. The topological polar surface area (TPSA) is 24.9 Å². The minimum Gasteiger partial charge on any atom is -0.308 e. The van der Waals surface area contributed by atoms with Crippen LogP contribution in [0.25, 0.3) is 0 Å². The molecule has 0 aliphatic heterocycles. The third-order valence-electron chi connectivity index (χ3n) is 1.99. The number of nitrogens with zero attached hydrogens (tertiary/aromatic N) is 1. The molecule has 16 heavy (non-hydrogen) atoms. The number of alkyl halides is 3. The van der Waals surface area contributed by atoms with E-state index in [1.807, 2.05) is 0 Å². The number of aromatic nitrogens is 1. The molecule has 1 aromatic rings. The molecule has 0 amide bonds. The fourth-order valence-corrected chi connectivity index (χ4v) is 1.24. The minimum atomic E-state index is -4.21. The smallest absolute Gasteiger partial charge is 0.308 e. The molecule has 0 aromatic carbocycles. The van der Waals surface area contributed by atoms with E-state index < -0.39 is 24.5 Å². The van der Waals surface area contributed by atoms with E-state index in [0.29, 0.717) is 0 Å². The van der Waals surface area contributed by atoms with Crippen LogP contribution in [0.15, 0.2) is 18.3 Å². The van der Waals surface area contributed by atoms with E-state index in [9.17, 15) is 17.6 Å². The third kappa shape index (κ3) is 4.57. The molecule has 0 saturated heterocycles. The number of hydrogen-bond acceptors (Lipinski definition) is 2. The lowest BCUT2D eigenvalue weighted by Gasteiger charge is -2.15. The molecule has 0 radical (unpaired) electrons. The van der Waals surface area contributed by atoms with Crippen LogP contribution in [0.2, 0.25) is 0 Å². The van der Waals surface area contributed by atoms with E-state index in [4.69, 9.17) is 0 Å². The summed E-state index contributed by atoms with van der Waals surface area (Å²) in [5.41, 5.74) is 0.122. The van der Waals surface area contributed by atoms with Gasteiger partial charge in [0.25, 0.3) is 0 Å². The van der Waals surface area contributed by atoms with Gasteiger partial charge in [0.1, 0.15) is 5.82 Å². The van der Waals surface area contributed by atoms with Crippen LogP contribution >= 0.6 is 0 Å². The summed E-state index contributed by atoms with van der Waals surface area (Å²) < 4.78 is 49.0. The van der Waals surface area contributed by atoms with E-state index in [2.05, 4.69) is 10.3 Å². The predicted molar refractivity (Wildman–Crippen MR) is 51.2 cm³/mol. The van der Waals surface area contributed by atoms with Crippen molar-refractivity contribution in [1.29, 1.82) is 0 Å². The van der Waals surface area contributed by atoms with E-state index in [0.717, 1.165) is 0 Å². The Morgan fingerprint density at radius 3 is 2.69 bits per heavy atom. The quantitative estimate of drug-likeness (QED) is 0.813. The van der Waals surface area contributed by atoms with Crippen molar-refractivity contribution in [3.63, 3.8) is 0 Å². The lowest BCUT2D eigenvalue weighted by molar-refractivity contribution is -0.139. The van der Waals surface area contributed by atoms with Crippen LogP contribution in [0.5, 0.6) is 0 Å². The first-order valence-corrected chi connectivity index (χ1v) is 4.78. The molecule has 0 fully saturated rings. The molecule has 1 rings (SSSR count). The molecular formula is C10H12F4N2. The zero-order valence-corrected chi connectivity index (χ0v) is 8.68. The first kappa shape index (κ1) is 12.9. The van der Waals surface area contributed by atoms with Gasteiger partial charge in [-0.3, -0.25) is 4.98 Å². The lowest BCUT2D eigenvalue weighted by Crippen LogP contribution is -2.31. The van der Waals surface area contributed by atoms with Crippen molar-refractivity contribution in [3.8, 4) is 0 Å². The van der Waals surface area contributed by atoms with Crippen molar-refractivity contribution >= 4 is 0 Å². The van der Waals surface area contributed by atoms with Crippen molar-refractivity contribution < 1.29 is 17.6 Å². The number of nitrogens with one attached hydrogen (secondary N) is 1. The lowest BCUT2D eigenvalue weighted by atomic mass is 10.2. The monoisotopic (exact) mass is 236 g/mol. The molecule has 6 heteroatoms. The van der Waals surface area contributed by atoms with Gasteiger partial charge in [0, 0.05) is 18.8 Å². The third-order valence-corrected chi connectivity index (χ3v) is 1.99. The van der Waals surface area contributed by atoms with Gasteiger partial charge in [-0.05, 0) is 19.1 Å². The molecular weight excluding hydrogens is 224 g/mol. The van der Waals surface area contributed by atoms with Crippen molar-refractivity contribution in [1.82, 2.24) is 10.3 Å². The summed E-state index contributed by atoms with van der Waals surface area (Å²) in [6.45, 7) is 1.39. The van der Waals surface area contributed by atoms with Gasteiger partial charge >= 0.3 is 6.18 Å². The van der Waals surface area contributed by atoms with Gasteiger partial charge in [0.2, 0.25) is 0 Å². The summed E-state index contributed by atoms with van der Waals surface area (Å²) >= 11 is 0. The number of hydrogen-bond donors (Lipinski definition) is 1. The van der Waals surface area contributed by atoms with Crippen LogP contribution in [-0.4, -0.2) is 17.2 Å². The molecule has 1 heterocycles. The Balaban J connectivity index is 2.43. The molecule has 0 bridgehead atoms. The summed E-state index contributed by atoms with van der Waals surface area (Å²) in [4.78, 5) is 3.73. The van der Waals surface area contributed by atoms with Gasteiger partial charge in [-0.1, -0.05) is 0 Å². The average molecular weight is 236 g/mol. The summed E-state index contributed by atoms with van der Waals surface area (Å²) in [7, 11) is 0.